The molecular weight excluding hydrogens is 260 g/mol. The van der Waals surface area contributed by atoms with Gasteiger partial charge < -0.3 is 5.73 Å². The molecule has 0 atom stereocenters. The van der Waals surface area contributed by atoms with Crippen molar-refractivity contribution in [2.45, 2.75) is 50.5 Å². The summed E-state index contributed by atoms with van der Waals surface area (Å²) in [6, 6.07) is 0. The van der Waals surface area contributed by atoms with E-state index < -0.39 is 10.0 Å². The van der Waals surface area contributed by atoms with Crippen molar-refractivity contribution in [1.82, 2.24) is 4.72 Å². The molecule has 102 valence electrons. The summed E-state index contributed by atoms with van der Waals surface area (Å²) >= 11 is 0. The first kappa shape index (κ1) is 15.2. The minimum absolute atomic E-state index is 0. The average Bonchev–Trinajstić information content (AvgIpc) is 2.09. The van der Waals surface area contributed by atoms with E-state index in [1.165, 1.54) is 19.3 Å². The van der Waals surface area contributed by atoms with Gasteiger partial charge in [-0.15, -0.1) is 12.4 Å². The highest BCUT2D eigenvalue weighted by molar-refractivity contribution is 7.89. The van der Waals surface area contributed by atoms with Crippen LogP contribution in [0.5, 0.6) is 0 Å². The minimum atomic E-state index is -3.09. The topological polar surface area (TPSA) is 72.2 Å². The number of halogens is 1. The molecule has 0 saturated heterocycles. The maximum atomic E-state index is 11.7. The highest BCUT2D eigenvalue weighted by Gasteiger charge is 2.33. The van der Waals surface area contributed by atoms with Gasteiger partial charge in [-0.2, -0.15) is 0 Å². The van der Waals surface area contributed by atoms with E-state index in [0.717, 1.165) is 25.7 Å². The second-order valence-corrected chi connectivity index (χ2v) is 7.37. The van der Waals surface area contributed by atoms with Crippen LogP contribution in [0.15, 0.2) is 0 Å². The molecule has 4 nitrogen and oxygen atoms in total. The van der Waals surface area contributed by atoms with Crippen molar-refractivity contribution in [3.05, 3.63) is 0 Å². The lowest BCUT2D eigenvalue weighted by molar-refractivity contribution is 0.250. The van der Waals surface area contributed by atoms with Crippen molar-refractivity contribution in [3.8, 4) is 0 Å². The molecule has 0 spiro atoms. The predicted molar refractivity (Wildman–Crippen MR) is 71.8 cm³/mol. The van der Waals surface area contributed by atoms with Gasteiger partial charge in [-0.25, -0.2) is 13.1 Å². The Labute approximate surface area is 110 Å². The largest absolute Gasteiger partial charge is 0.324 e. The standard InChI is InChI=1S/C11H22N2O2S.ClH/c12-11(6-2-7-11)9-13-16(14,15)8-5-10-3-1-4-10;/h10,13H,1-9,12H2;1H. The summed E-state index contributed by atoms with van der Waals surface area (Å²) in [5.41, 5.74) is 5.72. The van der Waals surface area contributed by atoms with Gasteiger partial charge >= 0.3 is 0 Å². The number of hydrogen-bond acceptors (Lipinski definition) is 3. The third kappa shape index (κ3) is 4.39. The molecule has 2 rings (SSSR count). The van der Waals surface area contributed by atoms with Gasteiger partial charge in [0.25, 0.3) is 0 Å². The Hall–Kier alpha value is 0.160. The van der Waals surface area contributed by atoms with E-state index in [2.05, 4.69) is 4.72 Å². The molecule has 0 aromatic heterocycles. The smallest absolute Gasteiger partial charge is 0.211 e. The Bertz CT molecular complexity index is 337. The zero-order chi connectivity index (χ0) is 11.6. The summed E-state index contributed by atoms with van der Waals surface area (Å²) in [5.74, 6) is 0.917. The Kier molecular flexibility index (Phi) is 5.25. The molecule has 0 radical (unpaired) electrons. The van der Waals surface area contributed by atoms with Crippen LogP contribution in [0.3, 0.4) is 0 Å². The van der Waals surface area contributed by atoms with Crippen molar-refractivity contribution < 1.29 is 8.42 Å². The molecule has 0 aromatic rings. The first-order chi connectivity index (χ1) is 7.49. The van der Waals surface area contributed by atoms with Crippen LogP contribution < -0.4 is 10.5 Å². The number of nitrogens with one attached hydrogen (secondary N) is 1. The monoisotopic (exact) mass is 282 g/mol. The van der Waals surface area contributed by atoms with E-state index in [4.69, 9.17) is 5.73 Å². The number of nitrogens with two attached hydrogens (primary N) is 1. The van der Waals surface area contributed by atoms with Crippen LogP contribution in [-0.4, -0.2) is 26.3 Å². The summed E-state index contributed by atoms with van der Waals surface area (Å²) in [5, 5.41) is 0. The van der Waals surface area contributed by atoms with Gasteiger partial charge in [-0.05, 0) is 31.6 Å². The lowest BCUT2D eigenvalue weighted by Crippen LogP contribution is -2.55. The van der Waals surface area contributed by atoms with Gasteiger partial charge in [0, 0.05) is 12.1 Å². The maximum absolute atomic E-state index is 11.7. The molecule has 2 aliphatic rings. The second kappa shape index (κ2) is 5.87. The molecule has 2 aliphatic carbocycles. The summed E-state index contributed by atoms with van der Waals surface area (Å²) in [6.45, 7) is 0.417. The quantitative estimate of drug-likeness (QED) is 0.773. The van der Waals surface area contributed by atoms with Crippen molar-refractivity contribution in [1.29, 1.82) is 0 Å². The molecule has 6 heteroatoms. The molecule has 17 heavy (non-hydrogen) atoms. The van der Waals surface area contributed by atoms with E-state index in [-0.39, 0.29) is 23.7 Å². The van der Waals surface area contributed by atoms with Gasteiger partial charge in [0.05, 0.1) is 5.75 Å². The summed E-state index contributed by atoms with van der Waals surface area (Å²) in [7, 11) is -3.09. The van der Waals surface area contributed by atoms with E-state index >= 15 is 0 Å². The summed E-state index contributed by atoms with van der Waals surface area (Å²) < 4.78 is 26.0. The fraction of sp³-hybridized carbons (Fsp3) is 1.00. The molecule has 0 amide bonds. The van der Waals surface area contributed by atoms with Gasteiger partial charge in [-0.1, -0.05) is 19.3 Å². The van der Waals surface area contributed by atoms with Crippen molar-refractivity contribution in [3.63, 3.8) is 0 Å². The maximum Gasteiger partial charge on any atom is 0.211 e. The van der Waals surface area contributed by atoms with E-state index in [9.17, 15) is 8.42 Å². The highest BCUT2D eigenvalue weighted by Crippen LogP contribution is 2.30. The molecule has 2 fully saturated rings. The Balaban J connectivity index is 0.00000144. The van der Waals surface area contributed by atoms with Crippen LogP contribution >= 0.6 is 12.4 Å². The van der Waals surface area contributed by atoms with Crippen molar-refractivity contribution in [2.24, 2.45) is 11.7 Å². The first-order valence-electron chi connectivity index (χ1n) is 6.25. The molecule has 0 bridgehead atoms. The average molecular weight is 283 g/mol. The van der Waals surface area contributed by atoms with Crippen LogP contribution in [0.2, 0.25) is 0 Å². The molecule has 0 heterocycles. The third-order valence-corrected chi connectivity index (χ3v) is 5.37. The predicted octanol–water partition coefficient (Wildman–Crippen LogP) is 1.40. The Morgan fingerprint density at radius 1 is 1.24 bits per heavy atom. The van der Waals surface area contributed by atoms with Crippen molar-refractivity contribution in [2.75, 3.05) is 12.3 Å². The SMILES string of the molecule is Cl.NC1(CNS(=O)(=O)CCC2CCC2)CCC1. The normalized spacial score (nSPS) is 23.4. The first-order valence-corrected chi connectivity index (χ1v) is 7.91. The number of sulfonamides is 1. The molecule has 0 aliphatic heterocycles. The zero-order valence-corrected chi connectivity index (χ0v) is 11.8. The Morgan fingerprint density at radius 2 is 1.88 bits per heavy atom. The van der Waals surface area contributed by atoms with Gasteiger partial charge in [0.15, 0.2) is 0 Å². The van der Waals surface area contributed by atoms with Gasteiger partial charge in [-0.3, -0.25) is 0 Å². The summed E-state index contributed by atoms with van der Waals surface area (Å²) in [4.78, 5) is 0. The second-order valence-electron chi connectivity index (χ2n) is 5.44. The molecule has 0 unspecified atom stereocenters. The van der Waals surface area contributed by atoms with Gasteiger partial charge in [0.2, 0.25) is 10.0 Å². The van der Waals surface area contributed by atoms with Crippen molar-refractivity contribution >= 4 is 22.4 Å². The van der Waals surface area contributed by atoms with Crippen LogP contribution in [0.25, 0.3) is 0 Å². The van der Waals surface area contributed by atoms with Crippen LogP contribution in [-0.2, 0) is 10.0 Å². The molecular formula is C11H23ClN2O2S. The van der Waals surface area contributed by atoms with Crippen LogP contribution in [0.1, 0.15) is 44.9 Å². The zero-order valence-electron chi connectivity index (χ0n) is 10.2. The number of rotatable bonds is 6. The summed E-state index contributed by atoms with van der Waals surface area (Å²) in [6.07, 6.45) is 7.50. The number of hydrogen-bond donors (Lipinski definition) is 2. The minimum Gasteiger partial charge on any atom is -0.324 e. The van der Waals surface area contributed by atoms with Crippen LogP contribution in [0, 0.1) is 5.92 Å². The molecule has 2 saturated carbocycles. The third-order valence-electron chi connectivity index (χ3n) is 4.01. The highest BCUT2D eigenvalue weighted by atomic mass is 35.5. The van der Waals surface area contributed by atoms with E-state index in [1.807, 2.05) is 0 Å². The fourth-order valence-electron chi connectivity index (χ4n) is 2.24. The molecule has 0 aromatic carbocycles. The van der Waals surface area contributed by atoms with Crippen LogP contribution in [0.4, 0.5) is 0 Å². The fourth-order valence-corrected chi connectivity index (χ4v) is 3.53. The van der Waals surface area contributed by atoms with E-state index in [1.54, 1.807) is 0 Å². The van der Waals surface area contributed by atoms with Gasteiger partial charge in [0.1, 0.15) is 0 Å². The van der Waals surface area contributed by atoms with E-state index in [0.29, 0.717) is 12.5 Å². The lowest BCUT2D eigenvalue weighted by Gasteiger charge is -2.38. The lowest BCUT2D eigenvalue weighted by atomic mass is 9.78. The Morgan fingerprint density at radius 3 is 2.29 bits per heavy atom. The molecule has 3 N–H and O–H groups in total.